The Bertz CT molecular complexity index is 1080. The molecule has 0 N–H and O–H groups in total. The van der Waals surface area contributed by atoms with Gasteiger partial charge in [-0.3, -0.25) is 9.48 Å². The van der Waals surface area contributed by atoms with E-state index in [1.807, 2.05) is 0 Å². The summed E-state index contributed by atoms with van der Waals surface area (Å²) in [6, 6.07) is 9.18. The number of aromatic nitrogens is 2. The average Bonchev–Trinajstić information content (AvgIpc) is 3.16. The van der Waals surface area contributed by atoms with E-state index in [0.717, 1.165) is 11.1 Å². The zero-order chi connectivity index (χ0) is 21.1. The Kier molecular flexibility index (Phi) is 5.65. The monoisotopic (exact) mass is 411 g/mol. The number of halogens is 1. The highest BCUT2D eigenvalue weighted by atomic mass is 19.1. The molecule has 8 heteroatoms. The van der Waals surface area contributed by atoms with Crippen molar-refractivity contribution in [1.82, 2.24) is 14.7 Å². The molecule has 0 spiro atoms. The molecule has 1 saturated heterocycles. The van der Waals surface area contributed by atoms with Gasteiger partial charge in [-0.05, 0) is 24.6 Å². The van der Waals surface area contributed by atoms with E-state index in [9.17, 15) is 14.0 Å². The number of carbonyl (C=O) groups excluding carboxylic acids is 1. The first kappa shape index (κ1) is 19.9. The molecular weight excluding hydrogens is 389 g/mol. The maximum atomic E-state index is 13.1. The molecule has 0 atom stereocenters. The van der Waals surface area contributed by atoms with Gasteiger partial charge in [-0.15, -0.1) is 0 Å². The van der Waals surface area contributed by atoms with E-state index in [2.05, 4.69) is 5.10 Å². The summed E-state index contributed by atoms with van der Waals surface area (Å²) in [5, 5.41) is 4.25. The minimum absolute atomic E-state index is 0.0154. The lowest BCUT2D eigenvalue weighted by Gasteiger charge is -2.32. The van der Waals surface area contributed by atoms with Crippen LogP contribution in [0, 0.1) is 12.7 Å². The quantitative estimate of drug-likeness (QED) is 0.645. The van der Waals surface area contributed by atoms with Crippen molar-refractivity contribution < 1.29 is 18.3 Å². The van der Waals surface area contributed by atoms with Crippen LogP contribution >= 0.6 is 0 Å². The van der Waals surface area contributed by atoms with E-state index >= 15 is 0 Å². The number of amides is 1. The van der Waals surface area contributed by atoms with Gasteiger partial charge in [-0.25, -0.2) is 9.18 Å². The number of rotatable bonds is 5. The molecule has 0 radical (unpaired) electrons. The molecule has 1 aliphatic rings. The fraction of sp³-hybridized carbons (Fsp3) is 0.318. The highest BCUT2D eigenvalue weighted by Crippen LogP contribution is 2.20. The Balaban J connectivity index is 1.30. The standard InChI is InChI=1S/C22H22FN3O4/c1-15-10-20(11-22(28)29-15)30-19-6-8-25(9-7-19)21(27)14-26-13-17(12-24-26)16-2-4-18(23)5-3-16/h2-5,10-13,19H,6-9,14H2,1H3. The number of aryl methyl sites for hydroxylation is 1. The molecule has 7 nitrogen and oxygen atoms in total. The van der Waals surface area contributed by atoms with Crippen LogP contribution in [0.1, 0.15) is 18.6 Å². The fourth-order valence-corrected chi connectivity index (χ4v) is 3.54. The van der Waals surface area contributed by atoms with Gasteiger partial charge >= 0.3 is 5.63 Å². The molecule has 3 heterocycles. The summed E-state index contributed by atoms with van der Waals surface area (Å²) in [5.74, 6) is 0.695. The van der Waals surface area contributed by atoms with E-state index < -0.39 is 5.63 Å². The van der Waals surface area contributed by atoms with Crippen LogP contribution in [0.3, 0.4) is 0 Å². The van der Waals surface area contributed by atoms with E-state index in [1.165, 1.54) is 18.2 Å². The van der Waals surface area contributed by atoms with Gasteiger partial charge in [0.2, 0.25) is 5.91 Å². The molecule has 0 unspecified atom stereocenters. The molecular formula is C22H22FN3O4. The maximum Gasteiger partial charge on any atom is 0.339 e. The van der Waals surface area contributed by atoms with E-state index in [1.54, 1.807) is 47.1 Å². The number of hydrogen-bond donors (Lipinski definition) is 0. The van der Waals surface area contributed by atoms with Crippen LogP contribution in [0.2, 0.25) is 0 Å². The summed E-state index contributed by atoms with van der Waals surface area (Å²) in [5.41, 5.74) is 1.24. The van der Waals surface area contributed by atoms with Gasteiger partial charge in [0, 0.05) is 43.8 Å². The SMILES string of the molecule is Cc1cc(OC2CCN(C(=O)Cn3cc(-c4ccc(F)cc4)cn3)CC2)cc(=O)o1. The number of hydrogen-bond acceptors (Lipinski definition) is 5. The molecule has 1 fully saturated rings. The molecule has 0 bridgehead atoms. The first-order valence-corrected chi connectivity index (χ1v) is 9.81. The molecule has 1 aromatic carbocycles. The van der Waals surface area contributed by atoms with Gasteiger partial charge in [-0.2, -0.15) is 5.10 Å². The Morgan fingerprint density at radius 1 is 1.20 bits per heavy atom. The van der Waals surface area contributed by atoms with Crippen molar-refractivity contribution >= 4 is 5.91 Å². The zero-order valence-electron chi connectivity index (χ0n) is 16.6. The molecule has 2 aromatic heterocycles. The highest BCUT2D eigenvalue weighted by Gasteiger charge is 2.24. The Morgan fingerprint density at radius 2 is 1.93 bits per heavy atom. The lowest BCUT2D eigenvalue weighted by Crippen LogP contribution is -2.43. The van der Waals surface area contributed by atoms with E-state index in [4.69, 9.17) is 9.15 Å². The third kappa shape index (κ3) is 4.76. The average molecular weight is 411 g/mol. The van der Waals surface area contributed by atoms with Crippen LogP contribution < -0.4 is 10.4 Å². The number of ether oxygens (including phenoxy) is 1. The van der Waals surface area contributed by atoms with Crippen molar-refractivity contribution in [3.63, 3.8) is 0 Å². The predicted molar refractivity (Wildman–Crippen MR) is 108 cm³/mol. The van der Waals surface area contributed by atoms with Crippen LogP contribution in [0.4, 0.5) is 4.39 Å². The molecule has 156 valence electrons. The number of benzene rings is 1. The lowest BCUT2D eigenvalue weighted by atomic mass is 10.1. The summed E-state index contributed by atoms with van der Waals surface area (Å²) >= 11 is 0. The lowest BCUT2D eigenvalue weighted by molar-refractivity contribution is -0.133. The first-order valence-electron chi connectivity index (χ1n) is 9.81. The van der Waals surface area contributed by atoms with Crippen molar-refractivity contribution in [2.45, 2.75) is 32.4 Å². The number of piperidine rings is 1. The third-order valence-corrected chi connectivity index (χ3v) is 5.07. The van der Waals surface area contributed by atoms with Crippen LogP contribution in [0.25, 0.3) is 11.1 Å². The molecule has 0 aliphatic carbocycles. The van der Waals surface area contributed by atoms with Gasteiger partial charge in [0.05, 0.1) is 12.3 Å². The molecule has 0 saturated carbocycles. The molecule has 4 rings (SSSR count). The van der Waals surface area contributed by atoms with Crippen LogP contribution in [-0.2, 0) is 11.3 Å². The summed E-state index contributed by atoms with van der Waals surface area (Å²) in [6.07, 6.45) is 4.77. The highest BCUT2D eigenvalue weighted by molar-refractivity contribution is 5.76. The van der Waals surface area contributed by atoms with Crippen LogP contribution in [0.5, 0.6) is 5.75 Å². The van der Waals surface area contributed by atoms with Crippen LogP contribution in [0.15, 0.2) is 58.0 Å². The normalized spacial score (nSPS) is 14.7. The van der Waals surface area contributed by atoms with Crippen molar-refractivity contribution in [1.29, 1.82) is 0 Å². The van der Waals surface area contributed by atoms with E-state index in [-0.39, 0.29) is 24.4 Å². The van der Waals surface area contributed by atoms with E-state index in [0.29, 0.717) is 37.4 Å². The Hall–Kier alpha value is -3.42. The smallest absolute Gasteiger partial charge is 0.339 e. The van der Waals surface area contributed by atoms with Crippen molar-refractivity contribution in [2.24, 2.45) is 0 Å². The third-order valence-electron chi connectivity index (χ3n) is 5.07. The van der Waals surface area contributed by atoms with Crippen LogP contribution in [-0.4, -0.2) is 39.8 Å². The van der Waals surface area contributed by atoms with Gasteiger partial charge < -0.3 is 14.1 Å². The first-order chi connectivity index (χ1) is 14.5. The Labute approximate surface area is 172 Å². The Morgan fingerprint density at radius 3 is 2.63 bits per heavy atom. The van der Waals surface area contributed by atoms with Gasteiger partial charge in [0.15, 0.2) is 0 Å². The summed E-state index contributed by atoms with van der Waals surface area (Å²) in [6.45, 7) is 3.00. The predicted octanol–water partition coefficient (Wildman–Crippen LogP) is 3.02. The number of carbonyl (C=O) groups is 1. The second kappa shape index (κ2) is 8.52. The summed E-state index contributed by atoms with van der Waals surface area (Å²) in [4.78, 5) is 25.9. The minimum atomic E-state index is -0.433. The molecule has 1 amide bonds. The molecule has 1 aliphatic heterocycles. The summed E-state index contributed by atoms with van der Waals surface area (Å²) in [7, 11) is 0. The van der Waals surface area contributed by atoms with Gasteiger partial charge in [-0.1, -0.05) is 12.1 Å². The second-order valence-electron chi connectivity index (χ2n) is 7.35. The molecule has 3 aromatic rings. The second-order valence-corrected chi connectivity index (χ2v) is 7.35. The zero-order valence-corrected chi connectivity index (χ0v) is 16.6. The molecule has 30 heavy (non-hydrogen) atoms. The largest absolute Gasteiger partial charge is 0.490 e. The fourth-order valence-electron chi connectivity index (χ4n) is 3.54. The van der Waals surface area contributed by atoms with Crippen molar-refractivity contribution in [3.05, 3.63) is 70.8 Å². The van der Waals surface area contributed by atoms with Gasteiger partial charge in [0.1, 0.15) is 30.0 Å². The topological polar surface area (TPSA) is 77.6 Å². The van der Waals surface area contributed by atoms with Gasteiger partial charge in [0.25, 0.3) is 0 Å². The number of likely N-dealkylation sites (tertiary alicyclic amines) is 1. The minimum Gasteiger partial charge on any atom is -0.490 e. The summed E-state index contributed by atoms with van der Waals surface area (Å²) < 4.78 is 25.5. The number of nitrogens with zero attached hydrogens (tertiary/aromatic N) is 3. The van der Waals surface area contributed by atoms with Crippen molar-refractivity contribution in [2.75, 3.05) is 13.1 Å². The van der Waals surface area contributed by atoms with Crippen molar-refractivity contribution in [3.8, 4) is 16.9 Å². The maximum absolute atomic E-state index is 13.1.